The molecule has 0 saturated carbocycles. The molecule has 296 valence electrons. The van der Waals surface area contributed by atoms with Crippen molar-refractivity contribution in [3.63, 3.8) is 0 Å². The van der Waals surface area contributed by atoms with Gasteiger partial charge in [-0.25, -0.2) is 14.6 Å². The van der Waals surface area contributed by atoms with Crippen molar-refractivity contribution in [1.29, 1.82) is 0 Å². The van der Waals surface area contributed by atoms with Gasteiger partial charge in [-0.2, -0.15) is 0 Å². The molecule has 1 aliphatic rings. The number of amides is 4. The van der Waals surface area contributed by atoms with E-state index in [0.717, 1.165) is 39.8 Å². The van der Waals surface area contributed by atoms with Crippen LogP contribution >= 0.6 is 22.7 Å². The Morgan fingerprint density at radius 1 is 0.909 bits per heavy atom. The van der Waals surface area contributed by atoms with Gasteiger partial charge in [0.25, 0.3) is 0 Å². The number of alkyl carbamates (subject to hydrolysis) is 1. The van der Waals surface area contributed by atoms with Crippen LogP contribution in [-0.4, -0.2) is 108 Å². The van der Waals surface area contributed by atoms with Gasteiger partial charge in [0.1, 0.15) is 12.6 Å². The summed E-state index contributed by atoms with van der Waals surface area (Å²) in [7, 11) is 3.57. The first kappa shape index (κ1) is 41.8. The predicted molar refractivity (Wildman–Crippen MR) is 217 cm³/mol. The van der Waals surface area contributed by atoms with Crippen LogP contribution in [0, 0.1) is 0 Å². The Bertz CT molecular complexity index is 1740. The molecule has 12 nitrogen and oxygen atoms in total. The summed E-state index contributed by atoms with van der Waals surface area (Å²) in [4.78, 5) is 56.6. The highest BCUT2D eigenvalue weighted by Crippen LogP contribution is 2.21. The van der Waals surface area contributed by atoms with Crippen molar-refractivity contribution in [2.75, 3.05) is 46.9 Å². The maximum absolute atomic E-state index is 14.6. The SMILES string of the molecule is CC(C)c1nc(CN(C)C(=O)NC(CCN2CCOCC2)C(=O)N(C)C(CCC(Cc2ccccc2)NC(=O)OCc2cncs2)Cc2ccccc2)cs1. The number of hydrogen-bond acceptors (Lipinski definition) is 10. The van der Waals surface area contributed by atoms with Crippen LogP contribution in [0.5, 0.6) is 0 Å². The van der Waals surface area contributed by atoms with Crippen molar-refractivity contribution < 1.29 is 23.9 Å². The molecule has 0 spiro atoms. The molecule has 4 aromatic rings. The number of likely N-dealkylation sites (N-methyl/N-ethyl adjacent to an activating group) is 1. The third-order valence-corrected chi connectivity index (χ3v) is 11.7. The average Bonchev–Trinajstić information content (AvgIpc) is 3.91. The molecular formula is C41H55N7O5S2. The van der Waals surface area contributed by atoms with Crippen LogP contribution in [0.1, 0.15) is 65.7 Å². The Kier molecular flexibility index (Phi) is 16.4. The van der Waals surface area contributed by atoms with Gasteiger partial charge in [0.2, 0.25) is 5.91 Å². The second kappa shape index (κ2) is 21.6. The number of aromatic nitrogens is 2. The van der Waals surface area contributed by atoms with Crippen molar-refractivity contribution in [1.82, 2.24) is 35.3 Å². The van der Waals surface area contributed by atoms with Crippen molar-refractivity contribution in [3.8, 4) is 0 Å². The summed E-state index contributed by atoms with van der Waals surface area (Å²) < 4.78 is 11.1. The van der Waals surface area contributed by atoms with Crippen LogP contribution in [0.15, 0.2) is 77.8 Å². The average molecular weight is 790 g/mol. The fraction of sp³-hybridized carbons (Fsp3) is 0.488. The molecule has 2 N–H and O–H groups in total. The number of hydrogen-bond donors (Lipinski definition) is 2. The Morgan fingerprint density at radius 2 is 1.60 bits per heavy atom. The monoisotopic (exact) mass is 789 g/mol. The molecular weight excluding hydrogens is 735 g/mol. The Hall–Kier alpha value is -4.37. The van der Waals surface area contributed by atoms with Crippen molar-refractivity contribution in [3.05, 3.63) is 104 Å². The number of thiazole rings is 2. The molecule has 0 radical (unpaired) electrons. The molecule has 55 heavy (non-hydrogen) atoms. The minimum absolute atomic E-state index is 0.150. The number of ether oxygens (including phenoxy) is 2. The molecule has 3 heterocycles. The number of carbonyl (C=O) groups excluding carboxylic acids is 3. The van der Waals surface area contributed by atoms with Crippen LogP contribution in [-0.2, 0) is 40.3 Å². The molecule has 1 saturated heterocycles. The first-order chi connectivity index (χ1) is 26.6. The minimum Gasteiger partial charge on any atom is -0.444 e. The van der Waals surface area contributed by atoms with Gasteiger partial charge in [0, 0.05) is 63.3 Å². The number of urea groups is 1. The maximum Gasteiger partial charge on any atom is 0.407 e. The van der Waals surface area contributed by atoms with E-state index in [4.69, 9.17) is 14.5 Å². The molecule has 2 aromatic carbocycles. The van der Waals surface area contributed by atoms with Gasteiger partial charge in [0.05, 0.1) is 40.8 Å². The zero-order valence-corrected chi connectivity index (χ0v) is 34.0. The summed E-state index contributed by atoms with van der Waals surface area (Å²) in [6, 6.07) is 18.6. The molecule has 3 atom stereocenters. The van der Waals surface area contributed by atoms with Gasteiger partial charge in [-0.15, -0.1) is 22.7 Å². The summed E-state index contributed by atoms with van der Waals surface area (Å²) in [6.45, 7) is 8.21. The Morgan fingerprint density at radius 3 is 2.24 bits per heavy atom. The van der Waals surface area contributed by atoms with Gasteiger partial charge in [-0.05, 0) is 43.2 Å². The summed E-state index contributed by atoms with van der Waals surface area (Å²) in [5.74, 6) is 0.162. The quantitative estimate of drug-likeness (QED) is 0.113. The largest absolute Gasteiger partial charge is 0.444 e. The van der Waals surface area contributed by atoms with E-state index in [-0.39, 0.29) is 30.6 Å². The number of nitrogens with one attached hydrogen (secondary N) is 2. The number of benzene rings is 2. The number of carbonyl (C=O) groups is 3. The maximum atomic E-state index is 14.6. The normalized spacial score (nSPS) is 14.9. The van der Waals surface area contributed by atoms with Gasteiger partial charge in [-0.3, -0.25) is 14.7 Å². The van der Waals surface area contributed by atoms with E-state index in [1.54, 1.807) is 39.9 Å². The summed E-state index contributed by atoms with van der Waals surface area (Å²) >= 11 is 3.03. The molecule has 3 unspecified atom stereocenters. The van der Waals surface area contributed by atoms with Crippen molar-refractivity contribution in [2.24, 2.45) is 0 Å². The highest BCUT2D eigenvalue weighted by atomic mass is 32.1. The third-order valence-electron chi connectivity index (χ3n) is 9.78. The molecule has 1 aliphatic heterocycles. The second-order valence-electron chi connectivity index (χ2n) is 14.4. The standard InChI is InChI=1S/C41H55N7O5S2/c1-30(2)38-43-34(28-54-38)26-46(3)40(50)45-37(17-18-48-19-21-52-22-20-48)39(49)47(4)35(24-32-13-9-6-10-14-32)16-15-33(23-31-11-7-5-8-12-31)44-41(51)53-27-36-25-42-29-55-36/h5-14,25,28-30,33,35,37H,15-24,26-27H2,1-4H3,(H,44,51)(H,45,50). The zero-order valence-electron chi connectivity index (χ0n) is 32.4. The van der Waals surface area contributed by atoms with E-state index in [1.807, 2.05) is 61.0 Å². The van der Waals surface area contributed by atoms with E-state index in [0.29, 0.717) is 64.3 Å². The second-order valence-corrected chi connectivity index (χ2v) is 16.2. The lowest BCUT2D eigenvalue weighted by molar-refractivity contribution is -0.134. The lowest BCUT2D eigenvalue weighted by atomic mass is 9.94. The molecule has 1 fully saturated rings. The van der Waals surface area contributed by atoms with Gasteiger partial charge < -0.3 is 29.9 Å². The summed E-state index contributed by atoms with van der Waals surface area (Å²) in [5, 5.41) is 9.21. The van der Waals surface area contributed by atoms with Gasteiger partial charge in [-0.1, -0.05) is 74.5 Å². The third kappa shape index (κ3) is 13.7. The number of morpholine rings is 1. The number of nitrogens with zero attached hydrogens (tertiary/aromatic N) is 5. The summed E-state index contributed by atoms with van der Waals surface area (Å²) in [5.41, 5.74) is 4.73. The molecule has 14 heteroatoms. The first-order valence-electron chi connectivity index (χ1n) is 19.1. The van der Waals surface area contributed by atoms with Crippen LogP contribution in [0.25, 0.3) is 0 Å². The van der Waals surface area contributed by atoms with Crippen LogP contribution in [0.2, 0.25) is 0 Å². The van der Waals surface area contributed by atoms with Gasteiger partial charge in [0.15, 0.2) is 0 Å². The lowest BCUT2D eigenvalue weighted by Gasteiger charge is -2.34. The highest BCUT2D eigenvalue weighted by Gasteiger charge is 2.31. The zero-order chi connectivity index (χ0) is 39.0. The summed E-state index contributed by atoms with van der Waals surface area (Å²) in [6.07, 6.45) is 4.08. The molecule has 4 amide bonds. The van der Waals surface area contributed by atoms with Crippen molar-refractivity contribution in [2.45, 2.75) is 83.1 Å². The Balaban J connectivity index is 1.31. The highest BCUT2D eigenvalue weighted by molar-refractivity contribution is 7.09. The van der Waals surface area contributed by atoms with Gasteiger partial charge >= 0.3 is 12.1 Å². The fourth-order valence-corrected chi connectivity index (χ4v) is 7.88. The minimum atomic E-state index is -0.748. The van der Waals surface area contributed by atoms with E-state index in [2.05, 4.69) is 46.5 Å². The van der Waals surface area contributed by atoms with E-state index in [1.165, 1.54) is 11.3 Å². The first-order valence-corrected chi connectivity index (χ1v) is 20.8. The smallest absolute Gasteiger partial charge is 0.407 e. The lowest BCUT2D eigenvalue weighted by Crippen LogP contribution is -2.54. The molecule has 0 aliphatic carbocycles. The molecule has 5 rings (SSSR count). The van der Waals surface area contributed by atoms with Crippen LogP contribution in [0.4, 0.5) is 9.59 Å². The van der Waals surface area contributed by atoms with E-state index < -0.39 is 12.1 Å². The molecule has 2 aromatic heterocycles. The van der Waals surface area contributed by atoms with Crippen molar-refractivity contribution >= 4 is 40.7 Å². The topological polar surface area (TPSA) is 129 Å². The predicted octanol–water partition coefficient (Wildman–Crippen LogP) is 6.34. The van der Waals surface area contributed by atoms with E-state index in [9.17, 15) is 14.4 Å². The number of rotatable bonds is 19. The Labute approximate surface area is 333 Å². The van der Waals surface area contributed by atoms with Crippen LogP contribution < -0.4 is 10.6 Å². The van der Waals surface area contributed by atoms with Crippen LogP contribution in [0.3, 0.4) is 0 Å². The van der Waals surface area contributed by atoms with E-state index >= 15 is 0 Å². The molecule has 0 bridgehead atoms. The fourth-order valence-electron chi connectivity index (χ4n) is 6.55.